The fourth-order valence-electron chi connectivity index (χ4n) is 4.33. The third-order valence-corrected chi connectivity index (χ3v) is 7.05. The normalized spacial score (nSPS) is 15.9. The standard InChI is InChI=1S/C27H27N5OS/c28-24-10-9-21(26-4-2-14-34-26)15-25(24)31-27(33)20-7-5-19(6-8-20)17-32-13-11-23(18-32)30-22-3-1-12-29-16-22/h1-10,12,14-16,23,30H,11,13,17-18,28H2,(H,31,33)/p+1. The van der Waals surface area contributed by atoms with Gasteiger partial charge in [0.25, 0.3) is 0 Å². The maximum atomic E-state index is 12.9. The Balaban J connectivity index is 1.18. The predicted molar refractivity (Wildman–Crippen MR) is 138 cm³/mol. The molecule has 1 amide bonds. The summed E-state index contributed by atoms with van der Waals surface area (Å²) in [5.41, 5.74) is 11.5. The molecule has 1 aliphatic rings. The zero-order valence-electron chi connectivity index (χ0n) is 18.9. The lowest BCUT2D eigenvalue weighted by molar-refractivity contribution is -0.463. The van der Waals surface area contributed by atoms with Gasteiger partial charge in [0.05, 0.1) is 16.9 Å². The monoisotopic (exact) mass is 470 g/mol. The molecule has 0 aliphatic carbocycles. The number of thiophene rings is 1. The lowest BCUT2D eigenvalue weighted by Gasteiger charge is -2.17. The summed E-state index contributed by atoms with van der Waals surface area (Å²) < 4.78 is 0. The number of nitrogens with two attached hydrogens (primary N) is 2. The summed E-state index contributed by atoms with van der Waals surface area (Å²) in [6, 6.07) is 22.3. The van der Waals surface area contributed by atoms with Crippen LogP contribution in [0.1, 0.15) is 22.3 Å². The largest absolute Gasteiger partial charge is 0.394 e. The summed E-state index contributed by atoms with van der Waals surface area (Å²) in [6.07, 6.45) is 4.75. The Morgan fingerprint density at radius 2 is 2.03 bits per heavy atom. The number of benzene rings is 2. The van der Waals surface area contributed by atoms with E-state index in [2.05, 4.69) is 27.3 Å². The first-order valence-corrected chi connectivity index (χ1v) is 12.3. The molecule has 1 fully saturated rings. The molecule has 1 atom stereocenters. The Bertz CT molecular complexity index is 1240. The summed E-state index contributed by atoms with van der Waals surface area (Å²) in [6.45, 7) is 2.91. The number of carbonyl (C=O) groups is 1. The Labute approximate surface area is 203 Å². The number of anilines is 2. The molecule has 2 aromatic heterocycles. The topological polar surface area (TPSA) is 87.9 Å². The first kappa shape index (κ1) is 22.3. The van der Waals surface area contributed by atoms with E-state index in [1.807, 2.05) is 66.2 Å². The van der Waals surface area contributed by atoms with Crippen LogP contribution in [0.3, 0.4) is 0 Å². The van der Waals surface area contributed by atoms with Crippen molar-refractivity contribution < 1.29 is 10.1 Å². The molecule has 0 saturated carbocycles. The number of aromatic nitrogens is 1. The molecule has 0 bridgehead atoms. The molecule has 172 valence electrons. The molecular formula is C27H28N5OS+. The minimum atomic E-state index is -0.0384. The first-order chi connectivity index (χ1) is 16.6. The number of pyridine rings is 1. The van der Waals surface area contributed by atoms with Crippen molar-refractivity contribution in [1.82, 2.24) is 9.88 Å². The van der Waals surface area contributed by atoms with E-state index in [0.717, 1.165) is 47.9 Å². The molecule has 0 radical (unpaired) electrons. The Morgan fingerprint density at radius 1 is 1.15 bits per heavy atom. The van der Waals surface area contributed by atoms with Gasteiger partial charge in [0.15, 0.2) is 5.69 Å². The van der Waals surface area contributed by atoms with Gasteiger partial charge in [-0.05, 0) is 59.3 Å². The van der Waals surface area contributed by atoms with Gasteiger partial charge in [0.1, 0.15) is 0 Å². The number of quaternary nitrogens is 1. The average molecular weight is 471 g/mol. The van der Waals surface area contributed by atoms with E-state index in [1.54, 1.807) is 22.9 Å². The highest BCUT2D eigenvalue weighted by Gasteiger charge is 2.22. The highest BCUT2D eigenvalue weighted by Crippen LogP contribution is 2.28. The van der Waals surface area contributed by atoms with Crippen molar-refractivity contribution in [3.63, 3.8) is 0 Å². The summed E-state index contributed by atoms with van der Waals surface area (Å²) in [4.78, 5) is 20.7. The fourth-order valence-corrected chi connectivity index (χ4v) is 5.05. The predicted octanol–water partition coefficient (Wildman–Crippen LogP) is 4.11. The second-order valence-corrected chi connectivity index (χ2v) is 9.58. The van der Waals surface area contributed by atoms with Gasteiger partial charge in [-0.1, -0.05) is 24.3 Å². The molecule has 3 heterocycles. The van der Waals surface area contributed by atoms with Gasteiger partial charge in [0.2, 0.25) is 0 Å². The number of hydrogen-bond donors (Lipinski definition) is 3. The Hall–Kier alpha value is -3.52. The van der Waals surface area contributed by atoms with Crippen LogP contribution < -0.4 is 16.4 Å². The summed E-state index contributed by atoms with van der Waals surface area (Å²) in [5.74, 6) is -0.0384. The van der Waals surface area contributed by atoms with Gasteiger partial charge in [-0.2, -0.15) is 0 Å². The van der Waals surface area contributed by atoms with E-state index in [-0.39, 0.29) is 5.91 Å². The van der Waals surface area contributed by atoms with Crippen molar-refractivity contribution in [3.05, 3.63) is 95.6 Å². The number of carbonyl (C=O) groups excluding carboxylic acids is 1. The molecule has 5 rings (SSSR count). The van der Waals surface area contributed by atoms with Crippen molar-refractivity contribution in [2.45, 2.75) is 19.0 Å². The average Bonchev–Trinajstić information content (AvgIpc) is 3.54. The number of amides is 1. The minimum absolute atomic E-state index is 0.0384. The highest BCUT2D eigenvalue weighted by molar-refractivity contribution is 7.13. The molecule has 0 spiro atoms. The molecule has 7 heteroatoms. The van der Waals surface area contributed by atoms with E-state index in [9.17, 15) is 4.79 Å². The number of primary amides is 1. The molecule has 2 aromatic carbocycles. The number of nitrogens with one attached hydrogen (secondary N) is 1. The van der Waals surface area contributed by atoms with E-state index in [0.29, 0.717) is 17.3 Å². The molecule has 4 aromatic rings. The summed E-state index contributed by atoms with van der Waals surface area (Å²) >= 11 is 1.67. The third kappa shape index (κ3) is 5.34. The molecule has 1 unspecified atom stereocenters. The van der Waals surface area contributed by atoms with Gasteiger partial charge in [-0.3, -0.25) is 9.88 Å². The number of hydrogen-bond acceptors (Lipinski definition) is 6. The van der Waals surface area contributed by atoms with Crippen LogP contribution in [0.4, 0.5) is 17.1 Å². The zero-order valence-corrected chi connectivity index (χ0v) is 19.7. The SMILES string of the molecule is Nc1ccc(-c2cccs2)cc1[NH2+]C(=O)c1ccc(CN2CCC(Nc3cccnc3)C2)cc1. The zero-order chi connectivity index (χ0) is 23.3. The smallest absolute Gasteiger partial charge is 0.347 e. The summed E-state index contributed by atoms with van der Waals surface area (Å²) in [7, 11) is 0. The third-order valence-electron chi connectivity index (χ3n) is 6.13. The van der Waals surface area contributed by atoms with E-state index in [4.69, 9.17) is 5.73 Å². The van der Waals surface area contributed by atoms with Crippen LogP contribution in [0.2, 0.25) is 0 Å². The van der Waals surface area contributed by atoms with Crippen LogP contribution >= 0.6 is 11.3 Å². The maximum Gasteiger partial charge on any atom is 0.347 e. The Morgan fingerprint density at radius 3 is 2.79 bits per heavy atom. The van der Waals surface area contributed by atoms with Crippen LogP contribution in [-0.4, -0.2) is 34.9 Å². The molecule has 1 saturated heterocycles. The first-order valence-electron chi connectivity index (χ1n) is 11.4. The minimum Gasteiger partial charge on any atom is -0.394 e. The second kappa shape index (κ2) is 10.2. The number of likely N-dealkylation sites (tertiary alicyclic amines) is 1. The molecule has 5 N–H and O–H groups in total. The number of nitrogens with zero attached hydrogens (tertiary/aromatic N) is 2. The van der Waals surface area contributed by atoms with Crippen LogP contribution in [0, 0.1) is 0 Å². The second-order valence-electron chi connectivity index (χ2n) is 8.63. The molecular weight excluding hydrogens is 442 g/mol. The lowest BCUT2D eigenvalue weighted by atomic mass is 10.1. The molecule has 34 heavy (non-hydrogen) atoms. The van der Waals surface area contributed by atoms with Crippen LogP contribution in [0.5, 0.6) is 0 Å². The highest BCUT2D eigenvalue weighted by atomic mass is 32.1. The van der Waals surface area contributed by atoms with Crippen LogP contribution in [0.15, 0.2) is 84.5 Å². The molecule has 6 nitrogen and oxygen atoms in total. The van der Waals surface area contributed by atoms with Gasteiger partial charge in [-0.25, -0.2) is 10.1 Å². The maximum absolute atomic E-state index is 12.9. The van der Waals surface area contributed by atoms with Crippen molar-refractivity contribution >= 4 is 34.3 Å². The van der Waals surface area contributed by atoms with Crippen LogP contribution in [0.25, 0.3) is 10.4 Å². The van der Waals surface area contributed by atoms with Gasteiger partial charge in [-0.15, -0.1) is 11.3 Å². The van der Waals surface area contributed by atoms with E-state index in [1.165, 1.54) is 5.56 Å². The molecule has 1 aliphatic heterocycles. The van der Waals surface area contributed by atoms with Gasteiger partial charge in [0, 0.05) is 49.0 Å². The van der Waals surface area contributed by atoms with E-state index >= 15 is 0 Å². The fraction of sp³-hybridized carbons (Fsp3) is 0.185. The number of nitrogen functional groups attached to an aromatic ring is 1. The van der Waals surface area contributed by atoms with Crippen molar-refractivity contribution in [2.24, 2.45) is 0 Å². The van der Waals surface area contributed by atoms with Gasteiger partial charge < -0.3 is 11.1 Å². The van der Waals surface area contributed by atoms with Crippen molar-refractivity contribution in [1.29, 1.82) is 0 Å². The van der Waals surface area contributed by atoms with Crippen LogP contribution in [-0.2, 0) is 6.54 Å². The summed E-state index contributed by atoms with van der Waals surface area (Å²) in [5, 5.41) is 7.24. The van der Waals surface area contributed by atoms with Gasteiger partial charge >= 0.3 is 5.91 Å². The Kier molecular flexibility index (Phi) is 6.67. The number of rotatable bonds is 7. The van der Waals surface area contributed by atoms with E-state index < -0.39 is 0 Å². The van der Waals surface area contributed by atoms with Crippen molar-refractivity contribution in [2.75, 3.05) is 24.1 Å². The van der Waals surface area contributed by atoms with Crippen molar-refractivity contribution in [3.8, 4) is 10.4 Å². The quantitative estimate of drug-likeness (QED) is 0.354. The lowest BCUT2D eigenvalue weighted by Crippen LogP contribution is -2.82.